The molecule has 2 heterocycles. The molecule has 1 aliphatic carbocycles. The van der Waals surface area contributed by atoms with E-state index in [0.29, 0.717) is 23.7 Å². The second kappa shape index (κ2) is 8.05. The maximum Gasteiger partial charge on any atom is 0.251 e. The number of carbonyl (C=O) groups is 1. The van der Waals surface area contributed by atoms with Gasteiger partial charge in [0.1, 0.15) is 0 Å². The van der Waals surface area contributed by atoms with E-state index in [1.807, 2.05) is 18.2 Å². The molecule has 0 aliphatic heterocycles. The number of amides is 1. The van der Waals surface area contributed by atoms with Crippen molar-refractivity contribution in [3.63, 3.8) is 0 Å². The first kappa shape index (κ1) is 17.9. The van der Waals surface area contributed by atoms with Crippen molar-refractivity contribution in [1.29, 1.82) is 5.26 Å². The van der Waals surface area contributed by atoms with E-state index in [4.69, 9.17) is 10.4 Å². The van der Waals surface area contributed by atoms with Gasteiger partial charge < -0.3 is 5.32 Å². The normalized spacial score (nSPS) is 14.0. The van der Waals surface area contributed by atoms with E-state index in [1.54, 1.807) is 36.7 Å². The van der Waals surface area contributed by atoms with Gasteiger partial charge in [0.15, 0.2) is 0 Å². The lowest BCUT2D eigenvalue weighted by Gasteiger charge is -2.14. The maximum atomic E-state index is 12.4. The van der Waals surface area contributed by atoms with Gasteiger partial charge >= 0.3 is 0 Å². The van der Waals surface area contributed by atoms with E-state index in [-0.39, 0.29) is 5.91 Å². The molecular formula is C22H21N5O. The molecule has 0 bridgehead atoms. The molecule has 0 unspecified atom stereocenters. The molecule has 0 saturated heterocycles. The molecule has 1 aromatic carbocycles. The van der Waals surface area contributed by atoms with Crippen LogP contribution >= 0.6 is 0 Å². The molecule has 1 N–H and O–H groups in total. The van der Waals surface area contributed by atoms with Crippen LogP contribution in [0.15, 0.2) is 54.9 Å². The SMILES string of the molecule is N#Cc1ccc(C(=O)NCc2cc(-c3ccncc3)n(C3CCCC3)n2)cc1. The molecule has 0 radical (unpaired) electrons. The highest BCUT2D eigenvalue weighted by Crippen LogP contribution is 2.33. The Morgan fingerprint density at radius 2 is 1.86 bits per heavy atom. The molecule has 1 saturated carbocycles. The van der Waals surface area contributed by atoms with Crippen LogP contribution in [0.2, 0.25) is 0 Å². The third kappa shape index (κ3) is 3.79. The Morgan fingerprint density at radius 3 is 2.54 bits per heavy atom. The van der Waals surface area contributed by atoms with Crippen molar-refractivity contribution in [2.24, 2.45) is 0 Å². The first-order chi connectivity index (χ1) is 13.7. The van der Waals surface area contributed by atoms with E-state index in [2.05, 4.69) is 21.1 Å². The average Bonchev–Trinajstić information content (AvgIpc) is 3.42. The number of hydrogen-bond acceptors (Lipinski definition) is 4. The van der Waals surface area contributed by atoms with Gasteiger partial charge in [-0.3, -0.25) is 14.5 Å². The van der Waals surface area contributed by atoms with E-state index in [1.165, 1.54) is 12.8 Å². The second-order valence-electron chi connectivity index (χ2n) is 7.01. The molecule has 140 valence electrons. The Hall–Kier alpha value is -3.46. The van der Waals surface area contributed by atoms with Crippen molar-refractivity contribution >= 4 is 5.91 Å². The molecule has 4 rings (SSSR count). The predicted molar refractivity (Wildman–Crippen MR) is 105 cm³/mol. The summed E-state index contributed by atoms with van der Waals surface area (Å²) in [5.74, 6) is -0.176. The number of nitriles is 1. The van der Waals surface area contributed by atoms with E-state index >= 15 is 0 Å². The predicted octanol–water partition coefficient (Wildman–Crippen LogP) is 3.86. The third-order valence-corrected chi connectivity index (χ3v) is 5.14. The van der Waals surface area contributed by atoms with Crippen molar-refractivity contribution in [2.75, 3.05) is 0 Å². The summed E-state index contributed by atoms with van der Waals surface area (Å²) in [6.45, 7) is 0.358. The van der Waals surface area contributed by atoms with Crippen molar-refractivity contribution in [2.45, 2.75) is 38.3 Å². The molecule has 1 amide bonds. The van der Waals surface area contributed by atoms with Gasteiger partial charge in [-0.2, -0.15) is 10.4 Å². The quantitative estimate of drug-likeness (QED) is 0.738. The summed E-state index contributed by atoms with van der Waals surface area (Å²) in [5, 5.41) is 16.6. The molecule has 2 aromatic heterocycles. The minimum Gasteiger partial charge on any atom is -0.346 e. The summed E-state index contributed by atoms with van der Waals surface area (Å²) in [7, 11) is 0. The minimum absolute atomic E-state index is 0.176. The van der Waals surface area contributed by atoms with Crippen molar-refractivity contribution in [3.05, 3.63) is 71.7 Å². The minimum atomic E-state index is -0.176. The van der Waals surface area contributed by atoms with Gasteiger partial charge in [0, 0.05) is 23.5 Å². The summed E-state index contributed by atoms with van der Waals surface area (Å²) < 4.78 is 2.12. The largest absolute Gasteiger partial charge is 0.346 e. The van der Waals surface area contributed by atoms with Gasteiger partial charge in [-0.15, -0.1) is 0 Å². The number of nitrogens with one attached hydrogen (secondary N) is 1. The first-order valence-electron chi connectivity index (χ1n) is 9.52. The van der Waals surface area contributed by atoms with Crippen LogP contribution in [-0.4, -0.2) is 20.7 Å². The van der Waals surface area contributed by atoms with Crippen molar-refractivity contribution in [1.82, 2.24) is 20.1 Å². The number of carbonyl (C=O) groups excluding carboxylic acids is 1. The van der Waals surface area contributed by atoms with Gasteiger partial charge in [-0.1, -0.05) is 12.8 Å². The zero-order valence-corrected chi connectivity index (χ0v) is 15.5. The lowest BCUT2D eigenvalue weighted by atomic mass is 10.1. The fourth-order valence-corrected chi connectivity index (χ4v) is 3.67. The van der Waals surface area contributed by atoms with Crippen LogP contribution in [0, 0.1) is 11.3 Å². The maximum absolute atomic E-state index is 12.4. The molecular weight excluding hydrogens is 350 g/mol. The van der Waals surface area contributed by atoms with Crippen LogP contribution < -0.4 is 5.32 Å². The number of nitrogens with zero attached hydrogens (tertiary/aromatic N) is 4. The van der Waals surface area contributed by atoms with Crippen molar-refractivity contribution < 1.29 is 4.79 Å². The molecule has 1 aliphatic rings. The number of hydrogen-bond donors (Lipinski definition) is 1. The Kier molecular flexibility index (Phi) is 5.16. The van der Waals surface area contributed by atoms with E-state index < -0.39 is 0 Å². The van der Waals surface area contributed by atoms with Crippen LogP contribution in [0.1, 0.15) is 53.3 Å². The zero-order chi connectivity index (χ0) is 19.3. The molecule has 3 aromatic rings. The van der Waals surface area contributed by atoms with Gasteiger partial charge in [0.2, 0.25) is 0 Å². The van der Waals surface area contributed by atoms with Crippen LogP contribution in [0.25, 0.3) is 11.3 Å². The number of rotatable bonds is 5. The topological polar surface area (TPSA) is 83.6 Å². The average molecular weight is 371 g/mol. The Balaban J connectivity index is 1.53. The summed E-state index contributed by atoms with van der Waals surface area (Å²) in [4.78, 5) is 16.5. The lowest BCUT2D eigenvalue weighted by Crippen LogP contribution is -2.23. The van der Waals surface area contributed by atoms with Gasteiger partial charge in [0.05, 0.1) is 35.6 Å². The van der Waals surface area contributed by atoms with Crippen LogP contribution in [0.4, 0.5) is 0 Å². The summed E-state index contributed by atoms with van der Waals surface area (Å²) in [5.41, 5.74) is 4.05. The molecule has 0 atom stereocenters. The molecule has 1 fully saturated rings. The molecule has 28 heavy (non-hydrogen) atoms. The van der Waals surface area contributed by atoms with Crippen molar-refractivity contribution in [3.8, 4) is 17.3 Å². The Bertz CT molecular complexity index is 996. The monoisotopic (exact) mass is 371 g/mol. The fraction of sp³-hybridized carbons (Fsp3) is 0.273. The molecule has 6 heteroatoms. The molecule has 0 spiro atoms. The summed E-state index contributed by atoms with van der Waals surface area (Å²) in [6, 6.07) is 15.1. The highest BCUT2D eigenvalue weighted by molar-refractivity contribution is 5.94. The highest BCUT2D eigenvalue weighted by atomic mass is 16.1. The van der Waals surface area contributed by atoms with Crippen LogP contribution in [-0.2, 0) is 6.54 Å². The standard InChI is InChI=1S/C22H21N5O/c23-14-16-5-7-18(8-6-16)22(28)25-15-19-13-21(17-9-11-24-12-10-17)27(26-19)20-3-1-2-4-20/h5-13,20H,1-4,15H2,(H,25,28). The van der Waals surface area contributed by atoms with Crippen LogP contribution in [0.5, 0.6) is 0 Å². The fourth-order valence-electron chi connectivity index (χ4n) is 3.67. The van der Waals surface area contributed by atoms with Gasteiger partial charge in [0.25, 0.3) is 5.91 Å². The smallest absolute Gasteiger partial charge is 0.251 e. The first-order valence-corrected chi connectivity index (χ1v) is 9.52. The third-order valence-electron chi connectivity index (χ3n) is 5.14. The van der Waals surface area contributed by atoms with Gasteiger partial charge in [-0.25, -0.2) is 0 Å². The molecule has 6 nitrogen and oxygen atoms in total. The second-order valence-corrected chi connectivity index (χ2v) is 7.01. The van der Waals surface area contributed by atoms with Crippen LogP contribution in [0.3, 0.4) is 0 Å². The summed E-state index contributed by atoms with van der Waals surface area (Å²) >= 11 is 0. The number of aromatic nitrogens is 3. The summed E-state index contributed by atoms with van der Waals surface area (Å²) in [6.07, 6.45) is 8.30. The van der Waals surface area contributed by atoms with Gasteiger partial charge in [-0.05, 0) is 55.3 Å². The Labute approximate surface area is 163 Å². The Morgan fingerprint density at radius 1 is 1.14 bits per heavy atom. The highest BCUT2D eigenvalue weighted by Gasteiger charge is 2.22. The van der Waals surface area contributed by atoms with E-state index in [0.717, 1.165) is 29.8 Å². The number of pyridine rings is 1. The lowest BCUT2D eigenvalue weighted by molar-refractivity contribution is 0.0950. The van der Waals surface area contributed by atoms with E-state index in [9.17, 15) is 4.79 Å². The zero-order valence-electron chi connectivity index (χ0n) is 15.5. The number of benzene rings is 1.